The predicted octanol–water partition coefficient (Wildman–Crippen LogP) is 3.92. The molecule has 1 fully saturated rings. The van der Waals surface area contributed by atoms with Crippen molar-refractivity contribution in [1.82, 2.24) is 5.32 Å². The van der Waals surface area contributed by atoms with E-state index in [4.69, 9.17) is 23.2 Å². The predicted molar refractivity (Wildman–Crippen MR) is 70.4 cm³/mol. The number of hydrogen-bond acceptors (Lipinski definition) is 1. The van der Waals surface area contributed by atoms with E-state index in [2.05, 4.69) is 18.3 Å². The molecule has 0 radical (unpaired) electrons. The van der Waals surface area contributed by atoms with Gasteiger partial charge < -0.3 is 5.32 Å². The Morgan fingerprint density at radius 2 is 2.06 bits per heavy atom. The molecule has 0 bridgehead atoms. The first-order valence-electron chi connectivity index (χ1n) is 5.67. The lowest BCUT2D eigenvalue weighted by Crippen LogP contribution is -2.35. The van der Waals surface area contributed by atoms with Crippen molar-refractivity contribution in [3.8, 4) is 0 Å². The summed E-state index contributed by atoms with van der Waals surface area (Å²) < 4.78 is 0. The Morgan fingerprint density at radius 3 is 2.62 bits per heavy atom. The van der Waals surface area contributed by atoms with Crippen LogP contribution >= 0.6 is 23.2 Å². The molecule has 2 rings (SSSR count). The summed E-state index contributed by atoms with van der Waals surface area (Å²) in [6.07, 6.45) is 3.56. The van der Waals surface area contributed by atoms with Crippen molar-refractivity contribution in [3.05, 3.63) is 33.8 Å². The van der Waals surface area contributed by atoms with Gasteiger partial charge in [-0.1, -0.05) is 42.3 Å². The molecule has 1 aliphatic rings. The summed E-state index contributed by atoms with van der Waals surface area (Å²) in [7, 11) is 2.02. The molecular formula is C13H17Cl2N. The maximum Gasteiger partial charge on any atom is 0.0624 e. The molecule has 0 aliphatic heterocycles. The van der Waals surface area contributed by atoms with E-state index in [0.29, 0.717) is 21.5 Å². The lowest BCUT2D eigenvalue weighted by Gasteiger charge is -2.23. The van der Waals surface area contributed by atoms with Crippen LogP contribution in [-0.2, 0) is 6.42 Å². The lowest BCUT2D eigenvalue weighted by molar-refractivity contribution is 0.376. The molecule has 1 N–H and O–H groups in total. The van der Waals surface area contributed by atoms with Crippen LogP contribution in [-0.4, -0.2) is 13.1 Å². The minimum atomic E-state index is 0.445. The Morgan fingerprint density at radius 1 is 1.38 bits per heavy atom. The highest BCUT2D eigenvalue weighted by molar-refractivity contribution is 6.42. The minimum absolute atomic E-state index is 0.445. The zero-order valence-electron chi connectivity index (χ0n) is 9.69. The van der Waals surface area contributed by atoms with Crippen LogP contribution in [0.25, 0.3) is 0 Å². The third kappa shape index (κ3) is 2.37. The van der Waals surface area contributed by atoms with Crippen LogP contribution in [0.3, 0.4) is 0 Å². The molecule has 0 heterocycles. The van der Waals surface area contributed by atoms with Gasteiger partial charge in [-0.3, -0.25) is 0 Å². The molecule has 1 saturated carbocycles. The SMILES string of the molecule is CNC(Cc1cccc(Cl)c1Cl)C1(C)CC1. The average molecular weight is 258 g/mol. The Bertz CT molecular complexity index is 386. The number of nitrogens with one attached hydrogen (secondary N) is 1. The van der Waals surface area contributed by atoms with Gasteiger partial charge in [-0.05, 0) is 43.4 Å². The van der Waals surface area contributed by atoms with E-state index in [0.717, 1.165) is 12.0 Å². The minimum Gasteiger partial charge on any atom is -0.316 e. The monoisotopic (exact) mass is 257 g/mol. The van der Waals surface area contributed by atoms with E-state index in [-0.39, 0.29) is 0 Å². The Kier molecular flexibility index (Phi) is 3.48. The van der Waals surface area contributed by atoms with E-state index in [1.54, 1.807) is 0 Å². The Labute approximate surface area is 107 Å². The second kappa shape index (κ2) is 4.56. The van der Waals surface area contributed by atoms with Gasteiger partial charge in [0.05, 0.1) is 10.0 Å². The molecule has 0 amide bonds. The van der Waals surface area contributed by atoms with Gasteiger partial charge in [0, 0.05) is 6.04 Å². The summed E-state index contributed by atoms with van der Waals surface area (Å²) in [5.41, 5.74) is 1.59. The van der Waals surface area contributed by atoms with E-state index in [9.17, 15) is 0 Å². The fourth-order valence-electron chi connectivity index (χ4n) is 2.17. The van der Waals surface area contributed by atoms with Crippen molar-refractivity contribution in [2.24, 2.45) is 5.41 Å². The molecule has 3 heteroatoms. The molecule has 1 aromatic rings. The van der Waals surface area contributed by atoms with Crippen LogP contribution in [0.5, 0.6) is 0 Å². The summed E-state index contributed by atoms with van der Waals surface area (Å²) in [5.74, 6) is 0. The molecule has 16 heavy (non-hydrogen) atoms. The van der Waals surface area contributed by atoms with Gasteiger partial charge in [-0.15, -0.1) is 0 Å². The zero-order chi connectivity index (χ0) is 11.8. The highest BCUT2D eigenvalue weighted by Gasteiger charge is 2.44. The second-order valence-corrected chi connectivity index (χ2v) is 5.70. The maximum absolute atomic E-state index is 6.21. The van der Waals surface area contributed by atoms with Crippen molar-refractivity contribution in [2.75, 3.05) is 7.05 Å². The molecule has 0 spiro atoms. The van der Waals surface area contributed by atoms with Crippen molar-refractivity contribution in [2.45, 2.75) is 32.2 Å². The second-order valence-electron chi connectivity index (χ2n) is 4.91. The fourth-order valence-corrected chi connectivity index (χ4v) is 2.57. The molecule has 1 atom stereocenters. The van der Waals surface area contributed by atoms with Crippen molar-refractivity contribution in [1.29, 1.82) is 0 Å². The lowest BCUT2D eigenvalue weighted by atomic mass is 9.92. The van der Waals surface area contributed by atoms with E-state index < -0.39 is 0 Å². The topological polar surface area (TPSA) is 12.0 Å². The summed E-state index contributed by atoms with van der Waals surface area (Å²) in [4.78, 5) is 0. The van der Waals surface area contributed by atoms with Crippen molar-refractivity contribution >= 4 is 23.2 Å². The van der Waals surface area contributed by atoms with E-state index >= 15 is 0 Å². The number of benzene rings is 1. The number of halogens is 2. The van der Waals surface area contributed by atoms with Crippen LogP contribution < -0.4 is 5.32 Å². The first-order chi connectivity index (χ1) is 7.57. The standard InChI is InChI=1S/C13H17Cl2N/c1-13(6-7-13)11(16-2)8-9-4-3-5-10(14)12(9)15/h3-5,11,16H,6-8H2,1-2H3. The molecule has 1 aliphatic carbocycles. The largest absolute Gasteiger partial charge is 0.316 e. The Balaban J connectivity index is 2.16. The van der Waals surface area contributed by atoms with Gasteiger partial charge in [0.1, 0.15) is 0 Å². The summed E-state index contributed by atoms with van der Waals surface area (Å²) in [5, 5.41) is 4.75. The Hall–Kier alpha value is -0.240. The maximum atomic E-state index is 6.21. The number of likely N-dealkylation sites (N-methyl/N-ethyl adjacent to an activating group) is 1. The van der Waals surface area contributed by atoms with Crippen molar-refractivity contribution in [3.63, 3.8) is 0 Å². The van der Waals surface area contributed by atoms with Gasteiger partial charge in [0.25, 0.3) is 0 Å². The molecule has 1 unspecified atom stereocenters. The smallest absolute Gasteiger partial charge is 0.0624 e. The highest BCUT2D eigenvalue weighted by atomic mass is 35.5. The fraction of sp³-hybridized carbons (Fsp3) is 0.538. The van der Waals surface area contributed by atoms with Gasteiger partial charge in [-0.25, -0.2) is 0 Å². The van der Waals surface area contributed by atoms with Crippen LogP contribution in [0, 0.1) is 5.41 Å². The zero-order valence-corrected chi connectivity index (χ0v) is 11.2. The third-order valence-electron chi connectivity index (χ3n) is 3.68. The van der Waals surface area contributed by atoms with Gasteiger partial charge in [0.15, 0.2) is 0 Å². The van der Waals surface area contributed by atoms with Crippen LogP contribution in [0.2, 0.25) is 10.0 Å². The summed E-state index contributed by atoms with van der Waals surface area (Å²) in [6.45, 7) is 2.33. The molecular weight excluding hydrogens is 241 g/mol. The summed E-state index contributed by atoms with van der Waals surface area (Å²) >= 11 is 12.2. The third-order valence-corrected chi connectivity index (χ3v) is 4.54. The molecule has 88 valence electrons. The number of rotatable bonds is 4. The average Bonchev–Trinajstić information content (AvgIpc) is 3.00. The van der Waals surface area contributed by atoms with E-state index in [1.165, 1.54) is 12.8 Å². The van der Waals surface area contributed by atoms with Gasteiger partial charge in [-0.2, -0.15) is 0 Å². The molecule has 1 nitrogen and oxygen atoms in total. The van der Waals surface area contributed by atoms with Crippen LogP contribution in [0.15, 0.2) is 18.2 Å². The number of hydrogen-bond donors (Lipinski definition) is 1. The normalized spacial score (nSPS) is 19.5. The molecule has 0 saturated heterocycles. The molecule has 1 aromatic carbocycles. The highest BCUT2D eigenvalue weighted by Crippen LogP contribution is 2.49. The first kappa shape index (κ1) is 12.2. The van der Waals surface area contributed by atoms with Crippen molar-refractivity contribution < 1.29 is 0 Å². The van der Waals surface area contributed by atoms with Gasteiger partial charge >= 0.3 is 0 Å². The first-order valence-corrected chi connectivity index (χ1v) is 6.42. The van der Waals surface area contributed by atoms with Crippen LogP contribution in [0.4, 0.5) is 0 Å². The molecule has 0 aromatic heterocycles. The van der Waals surface area contributed by atoms with E-state index in [1.807, 2.05) is 19.2 Å². The van der Waals surface area contributed by atoms with Crippen LogP contribution in [0.1, 0.15) is 25.3 Å². The van der Waals surface area contributed by atoms with Gasteiger partial charge in [0.2, 0.25) is 0 Å². The summed E-state index contributed by atoms with van der Waals surface area (Å²) in [6, 6.07) is 6.35. The quantitative estimate of drug-likeness (QED) is 0.863.